The third-order valence-electron chi connectivity index (χ3n) is 2.96. The number of nitrogens with zero attached hydrogens (tertiary/aromatic N) is 2. The van der Waals surface area contributed by atoms with Crippen molar-refractivity contribution >= 4 is 5.91 Å². The molecule has 1 aliphatic heterocycles. The molecule has 0 aromatic heterocycles. The van der Waals surface area contributed by atoms with Crippen LogP contribution in [0.5, 0.6) is 0 Å². The van der Waals surface area contributed by atoms with E-state index in [2.05, 4.69) is 11.9 Å². The summed E-state index contributed by atoms with van der Waals surface area (Å²) in [4.78, 5) is 15.5. The molecule has 1 saturated heterocycles. The maximum atomic E-state index is 11.6. The number of piperidine rings is 1. The summed E-state index contributed by atoms with van der Waals surface area (Å²) in [5.41, 5.74) is 5.35. The fourth-order valence-corrected chi connectivity index (χ4v) is 2.04. The van der Waals surface area contributed by atoms with E-state index >= 15 is 0 Å². The Bertz CT molecular complexity index is 203. The average Bonchev–Trinajstić information content (AvgIpc) is 2.26. The summed E-state index contributed by atoms with van der Waals surface area (Å²) in [5.74, 6) is -0.0568. The number of hydrogen-bond donors (Lipinski definition) is 2. The Morgan fingerprint density at radius 1 is 1.53 bits per heavy atom. The van der Waals surface area contributed by atoms with Crippen molar-refractivity contribution in [3.05, 3.63) is 0 Å². The third-order valence-corrected chi connectivity index (χ3v) is 2.96. The maximum absolute atomic E-state index is 11.6. The topological polar surface area (TPSA) is 69.8 Å². The van der Waals surface area contributed by atoms with Gasteiger partial charge in [-0.2, -0.15) is 0 Å². The SMILES string of the molecule is CN1CCC(N(CCO)C(=O)CN)CC1. The van der Waals surface area contributed by atoms with Crippen molar-refractivity contribution in [1.29, 1.82) is 0 Å². The van der Waals surface area contributed by atoms with Crippen LogP contribution >= 0.6 is 0 Å². The van der Waals surface area contributed by atoms with Crippen LogP contribution in [0.1, 0.15) is 12.8 Å². The fourth-order valence-electron chi connectivity index (χ4n) is 2.04. The lowest BCUT2D eigenvalue weighted by atomic mass is 10.0. The van der Waals surface area contributed by atoms with Gasteiger partial charge < -0.3 is 20.6 Å². The lowest BCUT2D eigenvalue weighted by Gasteiger charge is -2.36. The molecule has 0 aliphatic carbocycles. The molecule has 0 unspecified atom stereocenters. The highest BCUT2D eigenvalue weighted by atomic mass is 16.3. The molecule has 1 aliphatic rings. The Kier molecular flexibility index (Phi) is 5.01. The Morgan fingerprint density at radius 3 is 2.60 bits per heavy atom. The summed E-state index contributed by atoms with van der Waals surface area (Å²) in [5, 5.41) is 8.92. The van der Waals surface area contributed by atoms with E-state index in [4.69, 9.17) is 10.8 Å². The monoisotopic (exact) mass is 215 g/mol. The van der Waals surface area contributed by atoms with E-state index in [1.165, 1.54) is 0 Å². The van der Waals surface area contributed by atoms with Gasteiger partial charge in [-0.05, 0) is 33.0 Å². The number of likely N-dealkylation sites (tertiary alicyclic amines) is 1. The van der Waals surface area contributed by atoms with Gasteiger partial charge in [0.15, 0.2) is 0 Å². The molecule has 1 rings (SSSR count). The highest BCUT2D eigenvalue weighted by Crippen LogP contribution is 2.15. The largest absolute Gasteiger partial charge is 0.395 e. The summed E-state index contributed by atoms with van der Waals surface area (Å²) in [7, 11) is 2.08. The molecule has 0 spiro atoms. The quantitative estimate of drug-likeness (QED) is 0.622. The number of nitrogens with two attached hydrogens (primary N) is 1. The highest BCUT2D eigenvalue weighted by molar-refractivity contribution is 5.78. The first-order chi connectivity index (χ1) is 7.19. The van der Waals surface area contributed by atoms with Crippen LogP contribution in [0.15, 0.2) is 0 Å². The van der Waals surface area contributed by atoms with Crippen molar-refractivity contribution in [3.63, 3.8) is 0 Å². The van der Waals surface area contributed by atoms with Crippen LogP contribution in [-0.4, -0.2) is 66.7 Å². The van der Waals surface area contributed by atoms with E-state index in [0.717, 1.165) is 25.9 Å². The van der Waals surface area contributed by atoms with Crippen molar-refractivity contribution in [2.75, 3.05) is 39.8 Å². The van der Waals surface area contributed by atoms with Crippen LogP contribution in [-0.2, 0) is 4.79 Å². The Morgan fingerprint density at radius 2 is 2.13 bits per heavy atom. The van der Waals surface area contributed by atoms with Gasteiger partial charge in [-0.15, -0.1) is 0 Å². The second-order valence-electron chi connectivity index (χ2n) is 4.05. The number of aliphatic hydroxyl groups excluding tert-OH is 1. The zero-order valence-corrected chi connectivity index (χ0v) is 9.35. The molecule has 1 heterocycles. The summed E-state index contributed by atoms with van der Waals surface area (Å²) in [6.07, 6.45) is 1.95. The zero-order valence-electron chi connectivity index (χ0n) is 9.35. The third kappa shape index (κ3) is 3.44. The molecular formula is C10H21N3O2. The van der Waals surface area contributed by atoms with Gasteiger partial charge in [0, 0.05) is 12.6 Å². The average molecular weight is 215 g/mol. The second kappa shape index (κ2) is 6.05. The Hall–Kier alpha value is -0.650. The molecule has 0 aromatic rings. The van der Waals surface area contributed by atoms with Gasteiger partial charge in [0.05, 0.1) is 13.2 Å². The van der Waals surface area contributed by atoms with Gasteiger partial charge in [-0.25, -0.2) is 0 Å². The Labute approximate surface area is 90.8 Å². The normalized spacial score (nSPS) is 19.1. The van der Waals surface area contributed by atoms with Crippen molar-refractivity contribution in [2.45, 2.75) is 18.9 Å². The molecular weight excluding hydrogens is 194 g/mol. The smallest absolute Gasteiger partial charge is 0.236 e. The molecule has 0 saturated carbocycles. The molecule has 3 N–H and O–H groups in total. The van der Waals surface area contributed by atoms with Crippen LogP contribution < -0.4 is 5.73 Å². The first kappa shape index (κ1) is 12.4. The van der Waals surface area contributed by atoms with Gasteiger partial charge >= 0.3 is 0 Å². The standard InChI is InChI=1S/C10H21N3O2/c1-12-4-2-9(3-5-12)13(6-7-14)10(15)8-11/h9,14H,2-8,11H2,1H3. The minimum atomic E-state index is -0.0568. The second-order valence-corrected chi connectivity index (χ2v) is 4.05. The van der Waals surface area contributed by atoms with Crippen LogP contribution in [0.4, 0.5) is 0 Å². The van der Waals surface area contributed by atoms with E-state index in [1.54, 1.807) is 4.90 Å². The molecule has 1 fully saturated rings. The van der Waals surface area contributed by atoms with E-state index in [0.29, 0.717) is 6.54 Å². The molecule has 1 amide bonds. The predicted molar refractivity (Wildman–Crippen MR) is 58.4 cm³/mol. The van der Waals surface area contributed by atoms with Gasteiger partial charge in [-0.1, -0.05) is 0 Å². The minimum absolute atomic E-state index is 0.0120. The molecule has 15 heavy (non-hydrogen) atoms. The predicted octanol–water partition coefficient (Wildman–Crippen LogP) is -1.14. The summed E-state index contributed by atoms with van der Waals surface area (Å²) in [6.45, 7) is 2.46. The van der Waals surface area contributed by atoms with Crippen molar-refractivity contribution in [3.8, 4) is 0 Å². The first-order valence-corrected chi connectivity index (χ1v) is 5.48. The minimum Gasteiger partial charge on any atom is -0.395 e. The van der Waals surface area contributed by atoms with E-state index in [9.17, 15) is 4.79 Å². The lowest BCUT2D eigenvalue weighted by Crippen LogP contribution is -2.49. The molecule has 88 valence electrons. The number of amides is 1. The van der Waals surface area contributed by atoms with Crippen molar-refractivity contribution in [1.82, 2.24) is 9.80 Å². The highest BCUT2D eigenvalue weighted by Gasteiger charge is 2.25. The molecule has 5 heteroatoms. The van der Waals surface area contributed by atoms with Gasteiger partial charge in [0.25, 0.3) is 0 Å². The van der Waals surface area contributed by atoms with Crippen LogP contribution in [0.2, 0.25) is 0 Å². The molecule has 5 nitrogen and oxygen atoms in total. The summed E-state index contributed by atoms with van der Waals surface area (Å²) in [6, 6.07) is 0.254. The molecule has 0 bridgehead atoms. The van der Waals surface area contributed by atoms with Crippen LogP contribution in [0, 0.1) is 0 Å². The van der Waals surface area contributed by atoms with Crippen LogP contribution in [0.3, 0.4) is 0 Å². The number of aliphatic hydroxyl groups is 1. The maximum Gasteiger partial charge on any atom is 0.236 e. The van der Waals surface area contributed by atoms with Gasteiger partial charge in [0.1, 0.15) is 0 Å². The van der Waals surface area contributed by atoms with Crippen molar-refractivity contribution in [2.24, 2.45) is 5.73 Å². The van der Waals surface area contributed by atoms with E-state index < -0.39 is 0 Å². The Balaban J connectivity index is 2.51. The van der Waals surface area contributed by atoms with Gasteiger partial charge in [-0.3, -0.25) is 4.79 Å². The van der Waals surface area contributed by atoms with E-state index in [-0.39, 0.29) is 25.1 Å². The molecule has 0 atom stereocenters. The summed E-state index contributed by atoms with van der Waals surface area (Å²) >= 11 is 0. The number of carbonyl (C=O) groups is 1. The first-order valence-electron chi connectivity index (χ1n) is 5.48. The number of rotatable bonds is 4. The number of hydrogen-bond acceptors (Lipinski definition) is 4. The zero-order chi connectivity index (χ0) is 11.3. The van der Waals surface area contributed by atoms with Gasteiger partial charge in [0.2, 0.25) is 5.91 Å². The lowest BCUT2D eigenvalue weighted by molar-refractivity contribution is -0.133. The van der Waals surface area contributed by atoms with Crippen molar-refractivity contribution < 1.29 is 9.90 Å². The molecule has 0 aromatic carbocycles. The number of carbonyl (C=O) groups excluding carboxylic acids is 1. The van der Waals surface area contributed by atoms with Crippen LogP contribution in [0.25, 0.3) is 0 Å². The summed E-state index contributed by atoms with van der Waals surface area (Å²) < 4.78 is 0. The van der Waals surface area contributed by atoms with E-state index in [1.807, 2.05) is 0 Å². The molecule has 0 radical (unpaired) electrons. The fraction of sp³-hybridized carbons (Fsp3) is 0.900.